The van der Waals surface area contributed by atoms with Crippen LogP contribution < -0.4 is 4.72 Å². The number of halogens is 2. The zero-order chi connectivity index (χ0) is 18.5. The largest absolute Gasteiger partial charge is 0.361 e. The van der Waals surface area contributed by atoms with Gasteiger partial charge in [0.15, 0.2) is 0 Å². The summed E-state index contributed by atoms with van der Waals surface area (Å²) in [5.41, 5.74) is 2.22. The maximum Gasteiger partial charge on any atom is 0.240 e. The maximum absolute atomic E-state index is 13.3. The first-order chi connectivity index (χ1) is 12.3. The van der Waals surface area contributed by atoms with E-state index in [1.54, 1.807) is 6.92 Å². The van der Waals surface area contributed by atoms with Gasteiger partial charge in [0.25, 0.3) is 0 Å². The van der Waals surface area contributed by atoms with Gasteiger partial charge in [-0.2, -0.15) is 0 Å². The van der Waals surface area contributed by atoms with Crippen LogP contribution in [0, 0.1) is 12.7 Å². The number of nitrogens with one attached hydrogen (secondary N) is 2. The van der Waals surface area contributed by atoms with Crippen molar-refractivity contribution in [2.45, 2.75) is 30.1 Å². The third kappa shape index (κ3) is 3.02. The highest BCUT2D eigenvalue weighted by molar-refractivity contribution is 7.89. The van der Waals surface area contributed by atoms with E-state index in [1.165, 1.54) is 12.1 Å². The number of sulfonamides is 1. The Labute approximate surface area is 156 Å². The number of benzene rings is 2. The number of hydrogen-bond acceptors (Lipinski definition) is 2. The molecule has 0 atom stereocenters. The van der Waals surface area contributed by atoms with Crippen molar-refractivity contribution in [3.05, 3.63) is 64.6 Å². The molecule has 26 heavy (non-hydrogen) atoms. The third-order valence-corrected chi connectivity index (χ3v) is 6.89. The van der Waals surface area contributed by atoms with Gasteiger partial charge in [-0.25, -0.2) is 17.5 Å². The molecule has 2 aromatic carbocycles. The number of hydrogen-bond donors (Lipinski definition) is 2. The second-order valence-electron chi connectivity index (χ2n) is 6.91. The molecule has 0 bridgehead atoms. The fourth-order valence-electron chi connectivity index (χ4n) is 3.45. The van der Waals surface area contributed by atoms with E-state index >= 15 is 0 Å². The Hall–Kier alpha value is -1.89. The van der Waals surface area contributed by atoms with Crippen LogP contribution in [0.5, 0.6) is 0 Å². The van der Waals surface area contributed by atoms with Crippen LogP contribution in [0.1, 0.15) is 24.0 Å². The lowest BCUT2D eigenvalue weighted by atomic mass is 9.96. The van der Waals surface area contributed by atoms with Crippen LogP contribution in [-0.4, -0.2) is 19.9 Å². The molecule has 3 aromatic rings. The standard InChI is InChI=1S/C19H18ClFN2O2S/c1-12-8-14(21)3-5-18(12)26(24,25)23-11-19(6-7-19)16-10-22-17-9-13(20)2-4-15(16)17/h2-5,8-10,22-23H,6-7,11H2,1H3. The number of aromatic amines is 1. The summed E-state index contributed by atoms with van der Waals surface area (Å²) in [5, 5.41) is 1.72. The fourth-order valence-corrected chi connectivity index (χ4v) is 4.98. The van der Waals surface area contributed by atoms with Crippen molar-refractivity contribution in [2.24, 2.45) is 0 Å². The molecule has 1 heterocycles. The summed E-state index contributed by atoms with van der Waals surface area (Å²) in [7, 11) is -3.70. The van der Waals surface area contributed by atoms with E-state index < -0.39 is 15.8 Å². The van der Waals surface area contributed by atoms with Gasteiger partial charge in [-0.15, -0.1) is 0 Å². The highest BCUT2D eigenvalue weighted by atomic mass is 35.5. The molecule has 0 saturated heterocycles. The molecule has 136 valence electrons. The van der Waals surface area contributed by atoms with Gasteiger partial charge in [0.1, 0.15) is 5.82 Å². The van der Waals surface area contributed by atoms with Crippen LogP contribution in [0.25, 0.3) is 10.9 Å². The fraction of sp³-hybridized carbons (Fsp3) is 0.263. The Bertz CT molecular complexity index is 1100. The van der Waals surface area contributed by atoms with Gasteiger partial charge in [-0.1, -0.05) is 17.7 Å². The molecule has 2 N–H and O–H groups in total. The summed E-state index contributed by atoms with van der Waals surface area (Å²) >= 11 is 6.03. The summed E-state index contributed by atoms with van der Waals surface area (Å²) in [5.74, 6) is -0.447. The predicted octanol–water partition coefficient (Wildman–Crippen LogP) is 4.28. The number of aryl methyl sites for hydroxylation is 1. The molecule has 0 aliphatic heterocycles. The second kappa shape index (κ2) is 6.08. The lowest BCUT2D eigenvalue weighted by Crippen LogP contribution is -2.32. The van der Waals surface area contributed by atoms with E-state index in [0.29, 0.717) is 17.1 Å². The minimum atomic E-state index is -3.70. The van der Waals surface area contributed by atoms with Crippen LogP contribution in [0.3, 0.4) is 0 Å². The zero-order valence-electron chi connectivity index (χ0n) is 14.1. The Morgan fingerprint density at radius 1 is 1.23 bits per heavy atom. The normalized spacial score (nSPS) is 16.1. The smallest absolute Gasteiger partial charge is 0.240 e. The second-order valence-corrected chi connectivity index (χ2v) is 9.08. The van der Waals surface area contributed by atoms with E-state index in [2.05, 4.69) is 9.71 Å². The number of fused-ring (bicyclic) bond motifs is 1. The molecule has 7 heteroatoms. The molecular formula is C19H18ClFN2O2S. The average Bonchev–Trinajstić information content (AvgIpc) is 3.25. The monoisotopic (exact) mass is 392 g/mol. The summed E-state index contributed by atoms with van der Waals surface area (Å²) < 4.78 is 41.3. The molecule has 1 fully saturated rings. The van der Waals surface area contributed by atoms with Gasteiger partial charge in [-0.3, -0.25) is 0 Å². The Morgan fingerprint density at radius 2 is 2.00 bits per heavy atom. The molecule has 1 aliphatic rings. The molecule has 4 rings (SSSR count). The minimum absolute atomic E-state index is 0.111. The van der Waals surface area contributed by atoms with Crippen LogP contribution in [0.2, 0.25) is 5.02 Å². The number of aromatic nitrogens is 1. The van der Waals surface area contributed by atoms with Crippen molar-refractivity contribution in [1.82, 2.24) is 9.71 Å². The molecule has 1 saturated carbocycles. The first kappa shape index (κ1) is 17.5. The molecule has 0 radical (unpaired) electrons. The van der Waals surface area contributed by atoms with Gasteiger partial charge < -0.3 is 4.98 Å². The first-order valence-corrected chi connectivity index (χ1v) is 10.2. The highest BCUT2D eigenvalue weighted by Crippen LogP contribution is 2.50. The van der Waals surface area contributed by atoms with Crippen LogP contribution in [-0.2, 0) is 15.4 Å². The van der Waals surface area contributed by atoms with Crippen molar-refractivity contribution in [1.29, 1.82) is 0 Å². The van der Waals surface area contributed by atoms with Crippen molar-refractivity contribution in [2.75, 3.05) is 6.54 Å². The molecule has 4 nitrogen and oxygen atoms in total. The van der Waals surface area contributed by atoms with Gasteiger partial charge in [-0.05, 0) is 61.2 Å². The van der Waals surface area contributed by atoms with Gasteiger partial charge in [0, 0.05) is 34.1 Å². The SMILES string of the molecule is Cc1cc(F)ccc1S(=O)(=O)NCC1(c2c[nH]c3cc(Cl)ccc23)CC1. The molecule has 1 aliphatic carbocycles. The van der Waals surface area contributed by atoms with E-state index in [9.17, 15) is 12.8 Å². The summed E-state index contributed by atoms with van der Waals surface area (Å²) in [6, 6.07) is 9.36. The van der Waals surface area contributed by atoms with Crippen molar-refractivity contribution in [3.63, 3.8) is 0 Å². The summed E-state index contributed by atoms with van der Waals surface area (Å²) in [4.78, 5) is 3.33. The molecule has 1 aromatic heterocycles. The minimum Gasteiger partial charge on any atom is -0.361 e. The van der Waals surface area contributed by atoms with Gasteiger partial charge >= 0.3 is 0 Å². The van der Waals surface area contributed by atoms with E-state index in [1.807, 2.05) is 24.4 Å². The zero-order valence-corrected chi connectivity index (χ0v) is 15.7. The van der Waals surface area contributed by atoms with Crippen LogP contribution in [0.4, 0.5) is 4.39 Å². The highest BCUT2D eigenvalue weighted by Gasteiger charge is 2.46. The molecule has 0 unspecified atom stereocenters. The molecular weight excluding hydrogens is 375 g/mol. The Balaban J connectivity index is 1.60. The van der Waals surface area contributed by atoms with Crippen LogP contribution in [0.15, 0.2) is 47.5 Å². The van der Waals surface area contributed by atoms with Crippen molar-refractivity contribution in [3.8, 4) is 0 Å². The quantitative estimate of drug-likeness (QED) is 0.680. The van der Waals surface area contributed by atoms with Crippen molar-refractivity contribution >= 4 is 32.5 Å². The topological polar surface area (TPSA) is 62.0 Å². The summed E-state index contributed by atoms with van der Waals surface area (Å²) in [6.45, 7) is 1.90. The number of H-pyrrole nitrogens is 1. The molecule has 0 amide bonds. The first-order valence-electron chi connectivity index (χ1n) is 8.34. The Kier molecular flexibility index (Phi) is 4.10. The lowest BCUT2D eigenvalue weighted by Gasteiger charge is -2.17. The van der Waals surface area contributed by atoms with E-state index in [4.69, 9.17) is 11.6 Å². The number of rotatable bonds is 5. The van der Waals surface area contributed by atoms with E-state index in [0.717, 1.165) is 35.4 Å². The third-order valence-electron chi connectivity index (χ3n) is 5.10. The van der Waals surface area contributed by atoms with Gasteiger partial charge in [0.2, 0.25) is 10.0 Å². The summed E-state index contributed by atoms with van der Waals surface area (Å²) in [6.07, 6.45) is 3.76. The lowest BCUT2D eigenvalue weighted by molar-refractivity contribution is 0.566. The maximum atomic E-state index is 13.3. The average molecular weight is 393 g/mol. The van der Waals surface area contributed by atoms with E-state index in [-0.39, 0.29) is 10.3 Å². The van der Waals surface area contributed by atoms with Gasteiger partial charge in [0.05, 0.1) is 4.90 Å². The predicted molar refractivity (Wildman–Crippen MR) is 101 cm³/mol. The van der Waals surface area contributed by atoms with Crippen LogP contribution >= 0.6 is 11.6 Å². The Morgan fingerprint density at radius 3 is 2.69 bits per heavy atom. The molecule has 0 spiro atoms. The van der Waals surface area contributed by atoms with Crippen molar-refractivity contribution < 1.29 is 12.8 Å².